The lowest BCUT2D eigenvalue weighted by Gasteiger charge is -2.12. The highest BCUT2D eigenvalue weighted by atomic mass is 15.1. The summed E-state index contributed by atoms with van der Waals surface area (Å²) in [5.74, 6) is 1.53. The van der Waals surface area contributed by atoms with Crippen LogP contribution in [0.1, 0.15) is 0 Å². The third kappa shape index (κ3) is 4.46. The summed E-state index contributed by atoms with van der Waals surface area (Å²) in [4.78, 5) is 10.3. The molecule has 3 heterocycles. The molecule has 3 aromatic heterocycles. The van der Waals surface area contributed by atoms with Gasteiger partial charge in [0.15, 0.2) is 5.82 Å². The van der Waals surface area contributed by atoms with Gasteiger partial charge in [0.2, 0.25) is 0 Å². The molecule has 50 heavy (non-hydrogen) atoms. The molecular formula is C46H30N4. The molecule has 10 aromatic rings. The monoisotopic (exact) mass is 638 g/mol. The molecule has 0 atom stereocenters. The molecule has 0 radical (unpaired) electrons. The van der Waals surface area contributed by atoms with Crippen molar-refractivity contribution in [3.63, 3.8) is 0 Å². The van der Waals surface area contributed by atoms with E-state index in [0.29, 0.717) is 5.82 Å². The lowest BCUT2D eigenvalue weighted by atomic mass is 9.98. The molecule has 7 aromatic carbocycles. The van der Waals surface area contributed by atoms with Crippen molar-refractivity contribution in [2.45, 2.75) is 0 Å². The summed E-state index contributed by atoms with van der Waals surface area (Å²) in [6.07, 6.45) is 0. The van der Waals surface area contributed by atoms with E-state index in [-0.39, 0.29) is 0 Å². The second-order valence-corrected chi connectivity index (χ2v) is 12.6. The van der Waals surface area contributed by atoms with Crippen LogP contribution in [-0.4, -0.2) is 19.1 Å². The van der Waals surface area contributed by atoms with Crippen LogP contribution in [0.2, 0.25) is 0 Å². The van der Waals surface area contributed by atoms with E-state index in [1.165, 1.54) is 43.7 Å². The average molecular weight is 639 g/mol. The van der Waals surface area contributed by atoms with Gasteiger partial charge in [0.25, 0.3) is 0 Å². The Morgan fingerprint density at radius 2 is 0.960 bits per heavy atom. The van der Waals surface area contributed by atoms with Crippen LogP contribution >= 0.6 is 0 Å². The summed E-state index contributed by atoms with van der Waals surface area (Å²) in [6, 6.07) is 64.3. The van der Waals surface area contributed by atoms with Crippen LogP contribution in [0.3, 0.4) is 0 Å². The Labute approximate surface area is 289 Å². The van der Waals surface area contributed by atoms with Crippen molar-refractivity contribution in [2.75, 3.05) is 0 Å². The highest BCUT2D eigenvalue weighted by Gasteiger charge is 2.20. The van der Waals surface area contributed by atoms with E-state index in [1.54, 1.807) is 0 Å². The number of para-hydroxylation sites is 3. The summed E-state index contributed by atoms with van der Waals surface area (Å²) in [5, 5.41) is 4.87. The zero-order chi connectivity index (χ0) is 33.0. The third-order valence-electron chi connectivity index (χ3n) is 9.74. The zero-order valence-corrected chi connectivity index (χ0v) is 27.1. The van der Waals surface area contributed by atoms with E-state index in [0.717, 1.165) is 39.4 Å². The molecule has 234 valence electrons. The minimum atomic E-state index is 0.698. The molecule has 0 aliphatic heterocycles. The maximum Gasteiger partial charge on any atom is 0.162 e. The van der Waals surface area contributed by atoms with E-state index in [9.17, 15) is 0 Å². The second kappa shape index (κ2) is 11.4. The number of nitrogens with zero attached hydrogens (tertiary/aromatic N) is 4. The molecule has 4 heteroatoms. The van der Waals surface area contributed by atoms with E-state index in [1.807, 2.05) is 24.3 Å². The molecule has 10 rings (SSSR count). The summed E-state index contributed by atoms with van der Waals surface area (Å²) in [5.41, 5.74) is 11.1. The highest BCUT2D eigenvalue weighted by molar-refractivity contribution is 6.17. The standard InChI is InChI=1S/C46H30N4/c1-4-15-31(16-5-1)39-30-44(48-46(47-39)32-17-6-2-7-18-32)50-41-25-13-11-22-37(41)45-35(23-14-26-43(45)50)33-27-28-42-38(29-33)36-21-10-12-24-40(36)49(42)34-19-8-3-9-20-34/h1-30H. The first-order valence-electron chi connectivity index (χ1n) is 16.9. The molecular weight excluding hydrogens is 609 g/mol. The molecule has 0 aliphatic rings. The van der Waals surface area contributed by atoms with Gasteiger partial charge in [0.05, 0.1) is 27.8 Å². The van der Waals surface area contributed by atoms with E-state index >= 15 is 0 Å². The van der Waals surface area contributed by atoms with Crippen LogP contribution in [0.15, 0.2) is 182 Å². The average Bonchev–Trinajstić information content (AvgIpc) is 3.71. The van der Waals surface area contributed by atoms with Crippen molar-refractivity contribution in [1.29, 1.82) is 0 Å². The molecule has 0 amide bonds. The van der Waals surface area contributed by atoms with Gasteiger partial charge in [0, 0.05) is 44.4 Å². The van der Waals surface area contributed by atoms with Crippen molar-refractivity contribution in [3.8, 4) is 45.3 Å². The SMILES string of the molecule is c1ccc(-c2cc(-n3c4ccccc4c4c(-c5ccc6c(c5)c5ccccc5n6-c5ccccc5)cccc43)nc(-c3ccccc3)n2)cc1. The number of aromatic nitrogens is 4. The van der Waals surface area contributed by atoms with E-state index < -0.39 is 0 Å². The Morgan fingerprint density at radius 3 is 1.72 bits per heavy atom. The maximum absolute atomic E-state index is 5.23. The Hall–Kier alpha value is -6.78. The van der Waals surface area contributed by atoms with Gasteiger partial charge in [-0.1, -0.05) is 133 Å². The number of hydrogen-bond donors (Lipinski definition) is 0. The van der Waals surface area contributed by atoms with Gasteiger partial charge in [-0.25, -0.2) is 9.97 Å². The fourth-order valence-corrected chi connectivity index (χ4v) is 7.52. The molecule has 0 N–H and O–H groups in total. The number of fused-ring (bicyclic) bond motifs is 6. The lowest BCUT2D eigenvalue weighted by Crippen LogP contribution is -2.02. The van der Waals surface area contributed by atoms with Gasteiger partial charge >= 0.3 is 0 Å². The minimum absolute atomic E-state index is 0.698. The van der Waals surface area contributed by atoms with Gasteiger partial charge in [-0.05, 0) is 53.6 Å². The third-order valence-corrected chi connectivity index (χ3v) is 9.74. The summed E-state index contributed by atoms with van der Waals surface area (Å²) in [7, 11) is 0. The first kappa shape index (κ1) is 28.3. The van der Waals surface area contributed by atoms with Crippen molar-refractivity contribution >= 4 is 43.6 Å². The van der Waals surface area contributed by atoms with Gasteiger partial charge in [-0.3, -0.25) is 4.57 Å². The lowest BCUT2D eigenvalue weighted by molar-refractivity contribution is 1.05. The first-order valence-corrected chi connectivity index (χ1v) is 16.9. The van der Waals surface area contributed by atoms with Crippen molar-refractivity contribution in [1.82, 2.24) is 19.1 Å². The topological polar surface area (TPSA) is 35.6 Å². The zero-order valence-electron chi connectivity index (χ0n) is 27.1. The fourth-order valence-electron chi connectivity index (χ4n) is 7.52. The highest BCUT2D eigenvalue weighted by Crippen LogP contribution is 2.41. The molecule has 0 saturated heterocycles. The van der Waals surface area contributed by atoms with Crippen molar-refractivity contribution in [3.05, 3.63) is 182 Å². The van der Waals surface area contributed by atoms with Crippen LogP contribution in [0, 0.1) is 0 Å². The molecule has 0 saturated carbocycles. The van der Waals surface area contributed by atoms with Gasteiger partial charge in [-0.15, -0.1) is 0 Å². The fraction of sp³-hybridized carbons (Fsp3) is 0. The Kier molecular flexibility index (Phi) is 6.46. The predicted octanol–water partition coefficient (Wildman–Crippen LogP) is 11.7. The predicted molar refractivity (Wildman–Crippen MR) is 207 cm³/mol. The van der Waals surface area contributed by atoms with Gasteiger partial charge in [0.1, 0.15) is 5.82 Å². The summed E-state index contributed by atoms with van der Waals surface area (Å²) < 4.78 is 4.67. The molecule has 4 nitrogen and oxygen atoms in total. The van der Waals surface area contributed by atoms with Crippen LogP contribution < -0.4 is 0 Å². The number of hydrogen-bond acceptors (Lipinski definition) is 2. The molecule has 0 fully saturated rings. The number of rotatable bonds is 5. The molecule has 0 bridgehead atoms. The Morgan fingerprint density at radius 1 is 0.360 bits per heavy atom. The van der Waals surface area contributed by atoms with Crippen molar-refractivity contribution < 1.29 is 0 Å². The summed E-state index contributed by atoms with van der Waals surface area (Å²) in [6.45, 7) is 0. The van der Waals surface area contributed by atoms with Gasteiger partial charge in [-0.2, -0.15) is 0 Å². The van der Waals surface area contributed by atoms with E-state index in [4.69, 9.17) is 9.97 Å². The maximum atomic E-state index is 5.23. The molecule has 0 unspecified atom stereocenters. The smallest absolute Gasteiger partial charge is 0.162 e. The van der Waals surface area contributed by atoms with Crippen LogP contribution in [0.4, 0.5) is 0 Å². The summed E-state index contributed by atoms with van der Waals surface area (Å²) >= 11 is 0. The van der Waals surface area contributed by atoms with Crippen LogP contribution in [0.25, 0.3) is 88.9 Å². The second-order valence-electron chi connectivity index (χ2n) is 12.6. The molecule has 0 aliphatic carbocycles. The minimum Gasteiger partial charge on any atom is -0.309 e. The quantitative estimate of drug-likeness (QED) is 0.188. The van der Waals surface area contributed by atoms with Crippen LogP contribution in [0.5, 0.6) is 0 Å². The van der Waals surface area contributed by atoms with E-state index in [2.05, 4.69) is 167 Å². The Balaban J connectivity index is 1.23. The largest absolute Gasteiger partial charge is 0.309 e. The normalized spacial score (nSPS) is 11.6. The van der Waals surface area contributed by atoms with Crippen molar-refractivity contribution in [2.24, 2.45) is 0 Å². The molecule has 0 spiro atoms. The van der Waals surface area contributed by atoms with Gasteiger partial charge < -0.3 is 4.57 Å². The Bertz CT molecular complexity index is 2790. The van der Waals surface area contributed by atoms with Crippen LogP contribution in [-0.2, 0) is 0 Å². The number of benzene rings is 7. The first-order chi connectivity index (χ1) is 24.8.